The molecule has 34 heavy (non-hydrogen) atoms. The Labute approximate surface area is 200 Å². The lowest BCUT2D eigenvalue weighted by atomic mass is 10.0. The van der Waals surface area contributed by atoms with Crippen molar-refractivity contribution in [3.63, 3.8) is 0 Å². The van der Waals surface area contributed by atoms with Crippen LogP contribution in [-0.4, -0.2) is 26.7 Å². The second kappa shape index (κ2) is 9.53. The van der Waals surface area contributed by atoms with Crippen LogP contribution in [0.25, 0.3) is 21.9 Å². The van der Waals surface area contributed by atoms with Crippen LogP contribution in [0.3, 0.4) is 0 Å². The molecule has 1 N–H and O–H groups in total. The molecule has 0 saturated carbocycles. The first-order valence-corrected chi connectivity index (χ1v) is 12.2. The van der Waals surface area contributed by atoms with Crippen LogP contribution in [0.1, 0.15) is 74.4 Å². The molecule has 0 spiro atoms. The Morgan fingerprint density at radius 1 is 1.03 bits per heavy atom. The van der Waals surface area contributed by atoms with Crippen LogP contribution in [0.4, 0.5) is 0 Å². The van der Waals surface area contributed by atoms with E-state index in [0.29, 0.717) is 6.61 Å². The minimum absolute atomic E-state index is 0.0850. The molecule has 2 unspecified atom stereocenters. The molecular formula is C28H35N3O3. The smallest absolute Gasteiger partial charge is 0.329 e. The standard InChI is InChI=1S/C28H35N3O3/c1-7-10-21(15-26(32)34-8-2)31-25-14-19(5)18(4)13-24(25)30(28(31)33)20(6)22-16-29-23-12-9-11-17(3)27(22)23/h9,11-14,16,20-21,29H,7-8,10,15H2,1-6H3. The molecule has 0 fully saturated rings. The molecule has 0 amide bonds. The number of rotatable bonds is 8. The largest absolute Gasteiger partial charge is 0.466 e. The normalized spacial score (nSPS) is 13.5. The van der Waals surface area contributed by atoms with E-state index in [0.717, 1.165) is 51.5 Å². The Morgan fingerprint density at radius 2 is 1.71 bits per heavy atom. The van der Waals surface area contributed by atoms with Crippen LogP contribution >= 0.6 is 0 Å². The molecular weight excluding hydrogens is 426 g/mol. The van der Waals surface area contributed by atoms with Gasteiger partial charge < -0.3 is 9.72 Å². The highest BCUT2D eigenvalue weighted by molar-refractivity contribution is 5.87. The lowest BCUT2D eigenvalue weighted by Gasteiger charge is -2.18. The summed E-state index contributed by atoms with van der Waals surface area (Å²) in [4.78, 5) is 29.9. The molecule has 2 aromatic heterocycles. The lowest BCUT2D eigenvalue weighted by molar-refractivity contribution is -0.144. The summed E-state index contributed by atoms with van der Waals surface area (Å²) in [5.74, 6) is -0.266. The average molecular weight is 462 g/mol. The van der Waals surface area contributed by atoms with E-state index in [1.54, 1.807) is 0 Å². The van der Waals surface area contributed by atoms with Crippen LogP contribution in [0, 0.1) is 20.8 Å². The molecule has 4 aromatic rings. The van der Waals surface area contributed by atoms with Crippen molar-refractivity contribution in [2.75, 3.05) is 6.61 Å². The second-order valence-corrected chi connectivity index (χ2v) is 9.32. The summed E-state index contributed by atoms with van der Waals surface area (Å²) >= 11 is 0. The van der Waals surface area contributed by atoms with E-state index in [9.17, 15) is 9.59 Å². The molecule has 0 aliphatic heterocycles. The van der Waals surface area contributed by atoms with E-state index in [2.05, 4.69) is 63.9 Å². The quantitative estimate of drug-likeness (QED) is 0.322. The predicted octanol–water partition coefficient (Wildman–Crippen LogP) is 6.11. The lowest BCUT2D eigenvalue weighted by Crippen LogP contribution is -2.30. The number of H-pyrrole nitrogens is 1. The Bertz CT molecular complexity index is 1410. The van der Waals surface area contributed by atoms with Crippen molar-refractivity contribution in [1.29, 1.82) is 0 Å². The molecule has 4 rings (SSSR count). The predicted molar refractivity (Wildman–Crippen MR) is 138 cm³/mol. The molecule has 6 heteroatoms. The first-order valence-electron chi connectivity index (χ1n) is 12.2. The third-order valence-corrected chi connectivity index (χ3v) is 7.00. The summed E-state index contributed by atoms with van der Waals surface area (Å²) in [6.45, 7) is 12.5. The summed E-state index contributed by atoms with van der Waals surface area (Å²) in [7, 11) is 0. The highest BCUT2D eigenvalue weighted by Gasteiger charge is 2.27. The third kappa shape index (κ3) is 4.06. The molecule has 0 aliphatic carbocycles. The van der Waals surface area contributed by atoms with E-state index in [1.807, 2.05) is 28.3 Å². The zero-order chi connectivity index (χ0) is 24.6. The van der Waals surface area contributed by atoms with E-state index in [-0.39, 0.29) is 30.2 Å². The monoisotopic (exact) mass is 461 g/mol. The van der Waals surface area contributed by atoms with Gasteiger partial charge in [-0.25, -0.2) is 4.79 Å². The van der Waals surface area contributed by atoms with Gasteiger partial charge in [-0.3, -0.25) is 13.9 Å². The van der Waals surface area contributed by atoms with E-state index in [4.69, 9.17) is 4.74 Å². The fourth-order valence-electron chi connectivity index (χ4n) is 5.16. The number of aromatic amines is 1. The summed E-state index contributed by atoms with van der Waals surface area (Å²) < 4.78 is 8.97. The number of benzene rings is 2. The van der Waals surface area contributed by atoms with E-state index >= 15 is 0 Å². The van der Waals surface area contributed by atoms with Crippen molar-refractivity contribution in [2.24, 2.45) is 0 Å². The van der Waals surface area contributed by atoms with Crippen molar-refractivity contribution in [2.45, 2.75) is 72.9 Å². The molecule has 0 bridgehead atoms. The zero-order valence-electron chi connectivity index (χ0n) is 21.1. The number of nitrogens with zero attached hydrogens (tertiary/aromatic N) is 2. The van der Waals surface area contributed by atoms with Gasteiger partial charge in [-0.1, -0.05) is 25.5 Å². The van der Waals surface area contributed by atoms with Crippen molar-refractivity contribution >= 4 is 27.9 Å². The van der Waals surface area contributed by atoms with Gasteiger partial charge in [0.1, 0.15) is 0 Å². The van der Waals surface area contributed by atoms with Gasteiger partial charge >= 0.3 is 11.7 Å². The third-order valence-electron chi connectivity index (χ3n) is 7.00. The molecule has 0 aliphatic rings. The zero-order valence-corrected chi connectivity index (χ0v) is 21.1. The number of carbonyl (C=O) groups is 1. The number of imidazole rings is 1. The maximum atomic E-state index is 14.1. The molecule has 2 atom stereocenters. The van der Waals surface area contributed by atoms with E-state index < -0.39 is 0 Å². The number of nitrogens with one attached hydrogen (secondary N) is 1. The summed E-state index contributed by atoms with van der Waals surface area (Å²) in [5.41, 5.74) is 7.28. The summed E-state index contributed by atoms with van der Waals surface area (Å²) in [5, 5.41) is 1.16. The highest BCUT2D eigenvalue weighted by atomic mass is 16.5. The number of hydrogen-bond acceptors (Lipinski definition) is 3. The molecule has 2 heterocycles. The van der Waals surface area contributed by atoms with Gasteiger partial charge in [0.15, 0.2) is 0 Å². The van der Waals surface area contributed by atoms with Crippen molar-refractivity contribution in [3.8, 4) is 0 Å². The minimum Gasteiger partial charge on any atom is -0.466 e. The number of fused-ring (bicyclic) bond motifs is 2. The molecule has 0 saturated heterocycles. The van der Waals surface area contributed by atoms with Crippen LogP contribution in [-0.2, 0) is 9.53 Å². The Hall–Kier alpha value is -3.28. The minimum atomic E-state index is -0.266. The van der Waals surface area contributed by atoms with Crippen LogP contribution < -0.4 is 5.69 Å². The van der Waals surface area contributed by atoms with Gasteiger partial charge in [-0.05, 0) is 75.9 Å². The number of aryl methyl sites for hydroxylation is 3. The van der Waals surface area contributed by atoms with Crippen molar-refractivity contribution in [3.05, 3.63) is 69.3 Å². The van der Waals surface area contributed by atoms with Gasteiger partial charge in [0.2, 0.25) is 0 Å². The summed E-state index contributed by atoms with van der Waals surface area (Å²) in [6, 6.07) is 9.96. The Morgan fingerprint density at radius 3 is 2.35 bits per heavy atom. The summed E-state index contributed by atoms with van der Waals surface area (Å²) in [6.07, 6.45) is 3.80. The molecule has 2 aromatic carbocycles. The number of ether oxygens (including phenoxy) is 1. The van der Waals surface area contributed by atoms with Crippen molar-refractivity contribution < 1.29 is 9.53 Å². The van der Waals surface area contributed by atoms with Gasteiger partial charge in [0.05, 0.1) is 30.1 Å². The fourth-order valence-corrected chi connectivity index (χ4v) is 5.16. The fraction of sp³-hybridized carbons (Fsp3) is 0.429. The number of carbonyl (C=O) groups excluding carboxylic acids is 1. The molecule has 0 radical (unpaired) electrons. The molecule has 180 valence electrons. The first kappa shape index (κ1) is 23.9. The maximum Gasteiger partial charge on any atom is 0.329 e. The van der Waals surface area contributed by atoms with E-state index in [1.165, 1.54) is 5.56 Å². The molecule has 6 nitrogen and oxygen atoms in total. The second-order valence-electron chi connectivity index (χ2n) is 9.32. The number of aromatic nitrogens is 3. The Balaban J connectivity index is 1.95. The topological polar surface area (TPSA) is 69.0 Å². The first-order chi connectivity index (χ1) is 16.3. The average Bonchev–Trinajstić information content (AvgIpc) is 3.33. The Kier molecular flexibility index (Phi) is 6.69. The van der Waals surface area contributed by atoms with Gasteiger partial charge in [-0.15, -0.1) is 0 Å². The number of hydrogen-bond donors (Lipinski definition) is 1. The van der Waals surface area contributed by atoms with Gasteiger partial charge in [-0.2, -0.15) is 0 Å². The van der Waals surface area contributed by atoms with Gasteiger partial charge in [0, 0.05) is 28.7 Å². The van der Waals surface area contributed by atoms with Crippen LogP contribution in [0.2, 0.25) is 0 Å². The van der Waals surface area contributed by atoms with Crippen LogP contribution in [0.15, 0.2) is 41.3 Å². The highest BCUT2D eigenvalue weighted by Crippen LogP contribution is 2.33. The van der Waals surface area contributed by atoms with Crippen molar-refractivity contribution in [1.82, 2.24) is 14.1 Å². The SMILES string of the molecule is CCCC(CC(=O)OCC)n1c(=O)n(C(C)c2c[nH]c3cccc(C)c23)c2cc(C)c(C)cc21. The van der Waals surface area contributed by atoms with Crippen LogP contribution in [0.5, 0.6) is 0 Å². The number of esters is 1. The maximum absolute atomic E-state index is 14.1. The van der Waals surface area contributed by atoms with Gasteiger partial charge in [0.25, 0.3) is 0 Å².